The second-order valence-electron chi connectivity index (χ2n) is 4.90. The van der Waals surface area contributed by atoms with Gasteiger partial charge in [0.15, 0.2) is 0 Å². The summed E-state index contributed by atoms with van der Waals surface area (Å²) in [5, 5.41) is 3.58. The van der Waals surface area contributed by atoms with Crippen LogP contribution >= 0.6 is 27.7 Å². The molecule has 1 aromatic rings. The standard InChI is InChI=1S/C15H22BrNOS/c1-3-17-14-10-12(5-4-8-19-2)18-15-9-11(16)6-7-13(14)15/h6-7,9,12,14,17H,3-5,8,10H2,1-2H3. The Morgan fingerprint density at radius 2 is 2.32 bits per heavy atom. The predicted molar refractivity (Wildman–Crippen MR) is 87.2 cm³/mol. The lowest BCUT2D eigenvalue weighted by Gasteiger charge is -2.33. The van der Waals surface area contributed by atoms with Gasteiger partial charge in [-0.3, -0.25) is 0 Å². The van der Waals surface area contributed by atoms with Gasteiger partial charge in [0, 0.05) is 22.5 Å². The van der Waals surface area contributed by atoms with Crippen molar-refractivity contribution < 1.29 is 4.74 Å². The molecule has 1 aliphatic heterocycles. The first-order valence-electron chi connectivity index (χ1n) is 6.93. The fraction of sp³-hybridized carbons (Fsp3) is 0.600. The van der Waals surface area contributed by atoms with E-state index in [-0.39, 0.29) is 0 Å². The van der Waals surface area contributed by atoms with Crippen LogP contribution < -0.4 is 10.1 Å². The Kier molecular flexibility index (Phi) is 6.05. The smallest absolute Gasteiger partial charge is 0.125 e. The number of ether oxygens (including phenoxy) is 1. The van der Waals surface area contributed by atoms with Gasteiger partial charge in [-0.15, -0.1) is 0 Å². The van der Waals surface area contributed by atoms with Crippen LogP contribution in [0, 0.1) is 0 Å². The number of fused-ring (bicyclic) bond motifs is 1. The molecule has 0 aliphatic carbocycles. The molecule has 1 heterocycles. The SMILES string of the molecule is CCNC1CC(CCCSC)Oc2cc(Br)ccc21. The summed E-state index contributed by atoms with van der Waals surface area (Å²) < 4.78 is 7.25. The summed E-state index contributed by atoms with van der Waals surface area (Å²) in [7, 11) is 0. The zero-order valence-corrected chi connectivity index (χ0v) is 14.0. The van der Waals surface area contributed by atoms with Crippen molar-refractivity contribution in [3.63, 3.8) is 0 Å². The maximum absolute atomic E-state index is 6.16. The Morgan fingerprint density at radius 3 is 3.05 bits per heavy atom. The first-order chi connectivity index (χ1) is 9.24. The molecule has 2 nitrogen and oxygen atoms in total. The molecule has 106 valence electrons. The molecule has 4 heteroatoms. The largest absolute Gasteiger partial charge is 0.490 e. The summed E-state index contributed by atoms with van der Waals surface area (Å²) in [6, 6.07) is 6.80. The molecule has 2 rings (SSSR count). The molecule has 0 radical (unpaired) electrons. The van der Waals surface area contributed by atoms with Gasteiger partial charge in [0.05, 0.1) is 0 Å². The molecular weight excluding hydrogens is 322 g/mol. The van der Waals surface area contributed by atoms with Gasteiger partial charge < -0.3 is 10.1 Å². The van der Waals surface area contributed by atoms with Crippen LogP contribution in [0.1, 0.15) is 37.8 Å². The highest BCUT2D eigenvalue weighted by molar-refractivity contribution is 9.10. The van der Waals surface area contributed by atoms with E-state index in [0.717, 1.165) is 29.6 Å². The molecule has 19 heavy (non-hydrogen) atoms. The number of hydrogen-bond acceptors (Lipinski definition) is 3. The van der Waals surface area contributed by atoms with Crippen molar-refractivity contribution >= 4 is 27.7 Å². The first kappa shape index (κ1) is 15.2. The lowest BCUT2D eigenvalue weighted by Crippen LogP contribution is -2.33. The highest BCUT2D eigenvalue weighted by Crippen LogP contribution is 2.37. The number of hydrogen-bond donors (Lipinski definition) is 1. The van der Waals surface area contributed by atoms with E-state index in [4.69, 9.17) is 4.74 Å². The number of benzene rings is 1. The first-order valence-corrected chi connectivity index (χ1v) is 9.11. The molecular formula is C15H22BrNOS. The van der Waals surface area contributed by atoms with E-state index in [0.29, 0.717) is 12.1 Å². The van der Waals surface area contributed by atoms with Gasteiger partial charge >= 0.3 is 0 Å². The van der Waals surface area contributed by atoms with Crippen molar-refractivity contribution in [1.82, 2.24) is 5.32 Å². The maximum Gasteiger partial charge on any atom is 0.125 e. The summed E-state index contributed by atoms with van der Waals surface area (Å²) >= 11 is 5.44. The topological polar surface area (TPSA) is 21.3 Å². The van der Waals surface area contributed by atoms with Crippen LogP contribution in [0.4, 0.5) is 0 Å². The molecule has 0 bridgehead atoms. The molecule has 1 aliphatic rings. The van der Waals surface area contributed by atoms with Crippen LogP contribution in [0.3, 0.4) is 0 Å². The fourth-order valence-electron chi connectivity index (χ4n) is 2.59. The highest BCUT2D eigenvalue weighted by atomic mass is 79.9. The molecule has 2 unspecified atom stereocenters. The van der Waals surface area contributed by atoms with E-state index in [1.54, 1.807) is 0 Å². The summed E-state index contributed by atoms with van der Waals surface area (Å²) in [5.74, 6) is 2.26. The van der Waals surface area contributed by atoms with E-state index in [9.17, 15) is 0 Å². The summed E-state index contributed by atoms with van der Waals surface area (Å²) in [6.07, 6.45) is 5.97. The van der Waals surface area contributed by atoms with Crippen molar-refractivity contribution in [2.45, 2.75) is 38.3 Å². The number of halogens is 1. The second kappa shape index (κ2) is 7.55. The van der Waals surface area contributed by atoms with Crippen molar-refractivity contribution in [3.05, 3.63) is 28.2 Å². The van der Waals surface area contributed by atoms with Gasteiger partial charge in [0.25, 0.3) is 0 Å². The highest BCUT2D eigenvalue weighted by Gasteiger charge is 2.27. The fourth-order valence-corrected chi connectivity index (χ4v) is 3.38. The Morgan fingerprint density at radius 1 is 1.47 bits per heavy atom. The van der Waals surface area contributed by atoms with Gasteiger partial charge in [0.2, 0.25) is 0 Å². The maximum atomic E-state index is 6.16. The molecule has 0 fully saturated rings. The minimum absolute atomic E-state index is 0.345. The van der Waals surface area contributed by atoms with Crippen LogP contribution in [-0.2, 0) is 0 Å². The molecule has 0 spiro atoms. The Labute approximate surface area is 128 Å². The number of rotatable bonds is 6. The second-order valence-corrected chi connectivity index (χ2v) is 6.80. The average molecular weight is 344 g/mol. The van der Waals surface area contributed by atoms with E-state index in [1.165, 1.54) is 17.7 Å². The third kappa shape index (κ3) is 4.14. The number of nitrogens with one attached hydrogen (secondary N) is 1. The zero-order valence-electron chi connectivity index (χ0n) is 11.6. The van der Waals surface area contributed by atoms with Gasteiger partial charge in [-0.1, -0.05) is 28.9 Å². The molecule has 0 saturated heterocycles. The Bertz CT molecular complexity index is 413. The third-order valence-electron chi connectivity index (χ3n) is 3.47. The summed E-state index contributed by atoms with van der Waals surface area (Å²) in [5.41, 5.74) is 1.30. The van der Waals surface area contributed by atoms with E-state index >= 15 is 0 Å². The van der Waals surface area contributed by atoms with Crippen LogP contribution in [-0.4, -0.2) is 24.7 Å². The van der Waals surface area contributed by atoms with Gasteiger partial charge in [-0.25, -0.2) is 0 Å². The zero-order chi connectivity index (χ0) is 13.7. The Hall–Kier alpha value is -0.190. The monoisotopic (exact) mass is 343 g/mol. The van der Waals surface area contributed by atoms with Gasteiger partial charge in [0.1, 0.15) is 11.9 Å². The van der Waals surface area contributed by atoms with Crippen LogP contribution in [0.25, 0.3) is 0 Å². The minimum atomic E-state index is 0.345. The summed E-state index contributed by atoms with van der Waals surface area (Å²) in [4.78, 5) is 0. The van der Waals surface area contributed by atoms with Crippen LogP contribution in [0.5, 0.6) is 5.75 Å². The minimum Gasteiger partial charge on any atom is -0.490 e. The van der Waals surface area contributed by atoms with Crippen molar-refractivity contribution in [1.29, 1.82) is 0 Å². The average Bonchev–Trinajstić information content (AvgIpc) is 2.39. The molecule has 0 aromatic heterocycles. The van der Waals surface area contributed by atoms with E-state index in [1.807, 2.05) is 11.8 Å². The van der Waals surface area contributed by atoms with Crippen molar-refractivity contribution in [3.8, 4) is 5.75 Å². The molecule has 0 saturated carbocycles. The van der Waals surface area contributed by atoms with Gasteiger partial charge in [-0.2, -0.15) is 11.8 Å². The van der Waals surface area contributed by atoms with E-state index < -0.39 is 0 Å². The molecule has 2 atom stereocenters. The third-order valence-corrected chi connectivity index (χ3v) is 4.66. The lowest BCUT2D eigenvalue weighted by molar-refractivity contribution is 0.141. The molecule has 0 amide bonds. The number of thioether (sulfide) groups is 1. The normalized spacial score (nSPS) is 21.8. The van der Waals surface area contributed by atoms with Crippen LogP contribution in [0.2, 0.25) is 0 Å². The van der Waals surface area contributed by atoms with Crippen molar-refractivity contribution in [2.24, 2.45) is 0 Å². The van der Waals surface area contributed by atoms with Gasteiger partial charge in [-0.05, 0) is 43.5 Å². The van der Waals surface area contributed by atoms with Crippen molar-refractivity contribution in [2.75, 3.05) is 18.6 Å². The Balaban J connectivity index is 2.09. The molecule has 1 N–H and O–H groups in total. The predicted octanol–water partition coefficient (Wildman–Crippen LogP) is 4.39. The van der Waals surface area contributed by atoms with E-state index in [2.05, 4.69) is 52.6 Å². The molecule has 1 aromatic carbocycles. The quantitative estimate of drug-likeness (QED) is 0.773. The van der Waals surface area contributed by atoms with Crippen LogP contribution in [0.15, 0.2) is 22.7 Å². The lowest BCUT2D eigenvalue weighted by atomic mass is 9.94. The summed E-state index contributed by atoms with van der Waals surface area (Å²) in [6.45, 7) is 3.16.